The number of rotatable bonds is 9. The van der Waals surface area contributed by atoms with Crippen molar-refractivity contribution in [1.82, 2.24) is 0 Å². The van der Waals surface area contributed by atoms with Gasteiger partial charge in [-0.05, 0) is 20.3 Å². The van der Waals surface area contributed by atoms with Crippen molar-refractivity contribution in [2.24, 2.45) is 5.92 Å². The van der Waals surface area contributed by atoms with Gasteiger partial charge in [-0.25, -0.2) is 0 Å². The van der Waals surface area contributed by atoms with Crippen LogP contribution in [0.3, 0.4) is 0 Å². The van der Waals surface area contributed by atoms with Gasteiger partial charge in [0, 0.05) is 6.42 Å². The van der Waals surface area contributed by atoms with Gasteiger partial charge in [0.05, 0.1) is 31.7 Å². The van der Waals surface area contributed by atoms with Crippen LogP contribution in [0.25, 0.3) is 0 Å². The Labute approximate surface area is 106 Å². The van der Waals surface area contributed by atoms with E-state index in [1.807, 2.05) is 0 Å². The molecule has 18 heavy (non-hydrogen) atoms. The average molecular weight is 260 g/mol. The van der Waals surface area contributed by atoms with Crippen molar-refractivity contribution in [3.63, 3.8) is 0 Å². The predicted molar refractivity (Wildman–Crippen MR) is 62.7 cm³/mol. The molecule has 0 fully saturated rings. The van der Waals surface area contributed by atoms with Crippen molar-refractivity contribution in [2.45, 2.75) is 39.2 Å². The van der Waals surface area contributed by atoms with E-state index in [2.05, 4.69) is 4.74 Å². The highest BCUT2D eigenvalue weighted by atomic mass is 16.5. The van der Waals surface area contributed by atoms with E-state index in [1.54, 1.807) is 13.8 Å². The van der Waals surface area contributed by atoms with E-state index < -0.39 is 24.0 Å². The SMILES string of the molecule is CCOC(=O)CCC(O)C(C=O)CC(=O)OCC. The molecule has 0 heterocycles. The Hall–Kier alpha value is -1.43. The highest BCUT2D eigenvalue weighted by Crippen LogP contribution is 2.13. The summed E-state index contributed by atoms with van der Waals surface area (Å²) in [5.41, 5.74) is 0. The molecule has 0 aliphatic rings. The van der Waals surface area contributed by atoms with Gasteiger partial charge in [-0.2, -0.15) is 0 Å². The van der Waals surface area contributed by atoms with E-state index in [0.29, 0.717) is 6.29 Å². The van der Waals surface area contributed by atoms with Gasteiger partial charge in [-0.15, -0.1) is 0 Å². The van der Waals surface area contributed by atoms with Crippen molar-refractivity contribution < 1.29 is 29.0 Å². The third-order valence-corrected chi connectivity index (χ3v) is 2.33. The molecule has 0 bridgehead atoms. The number of aldehydes is 1. The van der Waals surface area contributed by atoms with Gasteiger partial charge in [0.2, 0.25) is 0 Å². The fourth-order valence-corrected chi connectivity index (χ4v) is 1.40. The van der Waals surface area contributed by atoms with Crippen LogP contribution in [-0.4, -0.2) is 42.6 Å². The van der Waals surface area contributed by atoms with Crippen molar-refractivity contribution in [3.8, 4) is 0 Å². The molecule has 6 heteroatoms. The molecule has 1 N–H and O–H groups in total. The van der Waals surface area contributed by atoms with Crippen LogP contribution >= 0.6 is 0 Å². The molecule has 0 aromatic rings. The van der Waals surface area contributed by atoms with Gasteiger partial charge < -0.3 is 19.4 Å². The second-order valence-electron chi connectivity index (χ2n) is 3.72. The quantitative estimate of drug-likeness (QED) is 0.478. The highest BCUT2D eigenvalue weighted by Gasteiger charge is 2.23. The largest absolute Gasteiger partial charge is 0.466 e. The summed E-state index contributed by atoms with van der Waals surface area (Å²) in [6.45, 7) is 3.84. The first-order valence-electron chi connectivity index (χ1n) is 5.99. The maximum atomic E-state index is 11.2. The minimum atomic E-state index is -1.05. The van der Waals surface area contributed by atoms with Crippen molar-refractivity contribution in [1.29, 1.82) is 0 Å². The lowest BCUT2D eigenvalue weighted by Crippen LogP contribution is -2.26. The summed E-state index contributed by atoms with van der Waals surface area (Å²) in [6, 6.07) is 0. The average Bonchev–Trinajstić information content (AvgIpc) is 2.33. The lowest BCUT2D eigenvalue weighted by molar-refractivity contribution is -0.147. The predicted octanol–water partition coefficient (Wildman–Crippen LogP) is 0.459. The number of hydrogen-bond donors (Lipinski definition) is 1. The van der Waals surface area contributed by atoms with Crippen LogP contribution in [0.2, 0.25) is 0 Å². The Morgan fingerprint density at radius 2 is 1.72 bits per heavy atom. The van der Waals surface area contributed by atoms with Crippen molar-refractivity contribution in [2.75, 3.05) is 13.2 Å². The first-order valence-corrected chi connectivity index (χ1v) is 5.99. The van der Waals surface area contributed by atoms with Gasteiger partial charge in [0.15, 0.2) is 0 Å². The molecule has 0 amide bonds. The highest BCUT2D eigenvalue weighted by molar-refractivity contribution is 5.74. The molecule has 0 saturated carbocycles. The van der Waals surface area contributed by atoms with Crippen molar-refractivity contribution >= 4 is 18.2 Å². The summed E-state index contributed by atoms with van der Waals surface area (Å²) in [5.74, 6) is -1.82. The molecule has 0 rings (SSSR count). The summed E-state index contributed by atoms with van der Waals surface area (Å²) in [4.78, 5) is 33.0. The Balaban J connectivity index is 4.10. The molecule has 0 aromatic heterocycles. The maximum absolute atomic E-state index is 11.2. The molecule has 2 unspecified atom stereocenters. The summed E-state index contributed by atoms with van der Waals surface area (Å²) in [5, 5.41) is 9.70. The minimum absolute atomic E-state index is 0.0160. The Morgan fingerprint density at radius 1 is 1.17 bits per heavy atom. The van der Waals surface area contributed by atoms with E-state index in [1.165, 1.54) is 0 Å². The fraction of sp³-hybridized carbons (Fsp3) is 0.750. The minimum Gasteiger partial charge on any atom is -0.466 e. The van der Waals surface area contributed by atoms with E-state index in [9.17, 15) is 19.5 Å². The second-order valence-corrected chi connectivity index (χ2v) is 3.72. The van der Waals surface area contributed by atoms with Crippen LogP contribution in [0.4, 0.5) is 0 Å². The number of carbonyl (C=O) groups excluding carboxylic acids is 3. The van der Waals surface area contributed by atoms with Crippen molar-refractivity contribution in [3.05, 3.63) is 0 Å². The van der Waals surface area contributed by atoms with Gasteiger partial charge in [-0.1, -0.05) is 0 Å². The van der Waals surface area contributed by atoms with Gasteiger partial charge in [0.25, 0.3) is 0 Å². The monoisotopic (exact) mass is 260 g/mol. The first-order chi connectivity index (χ1) is 8.54. The topological polar surface area (TPSA) is 89.9 Å². The van der Waals surface area contributed by atoms with Crippen LogP contribution in [0.15, 0.2) is 0 Å². The molecular formula is C12H20O6. The van der Waals surface area contributed by atoms with Crippen LogP contribution < -0.4 is 0 Å². The smallest absolute Gasteiger partial charge is 0.306 e. The number of hydrogen-bond acceptors (Lipinski definition) is 6. The summed E-state index contributed by atoms with van der Waals surface area (Å²) >= 11 is 0. The number of carbonyl (C=O) groups is 3. The lowest BCUT2D eigenvalue weighted by atomic mass is 9.96. The third kappa shape index (κ3) is 7.01. The van der Waals surface area contributed by atoms with Gasteiger partial charge in [0.1, 0.15) is 6.29 Å². The Morgan fingerprint density at radius 3 is 2.22 bits per heavy atom. The molecule has 6 nitrogen and oxygen atoms in total. The number of aliphatic hydroxyl groups excluding tert-OH is 1. The number of aliphatic hydroxyl groups is 1. The molecule has 0 radical (unpaired) electrons. The maximum Gasteiger partial charge on any atom is 0.306 e. The molecule has 2 atom stereocenters. The second kappa shape index (κ2) is 9.58. The summed E-state index contributed by atoms with van der Waals surface area (Å²) < 4.78 is 9.38. The number of esters is 2. The molecule has 0 aromatic carbocycles. The van der Waals surface area contributed by atoms with Crippen LogP contribution in [0.1, 0.15) is 33.1 Å². The van der Waals surface area contributed by atoms with Gasteiger partial charge in [-0.3, -0.25) is 9.59 Å². The molecule has 0 saturated heterocycles. The number of ether oxygens (including phenoxy) is 2. The van der Waals surface area contributed by atoms with Crippen LogP contribution in [0.5, 0.6) is 0 Å². The molecule has 0 aliphatic heterocycles. The molecule has 0 aliphatic carbocycles. The normalized spacial score (nSPS) is 13.5. The third-order valence-electron chi connectivity index (χ3n) is 2.33. The molecule has 104 valence electrons. The zero-order valence-corrected chi connectivity index (χ0v) is 10.8. The van der Waals surface area contributed by atoms with Crippen LogP contribution in [-0.2, 0) is 23.9 Å². The van der Waals surface area contributed by atoms with E-state index >= 15 is 0 Å². The standard InChI is InChI=1S/C12H20O6/c1-3-17-11(15)6-5-10(14)9(8-13)7-12(16)18-4-2/h8-10,14H,3-7H2,1-2H3. The zero-order chi connectivity index (χ0) is 14.0. The molecular weight excluding hydrogens is 240 g/mol. The van der Waals surface area contributed by atoms with E-state index in [0.717, 1.165) is 0 Å². The summed E-state index contributed by atoms with van der Waals surface area (Å²) in [7, 11) is 0. The molecule has 0 spiro atoms. The summed E-state index contributed by atoms with van der Waals surface area (Å²) in [6.07, 6.45) is -0.617. The van der Waals surface area contributed by atoms with Crippen LogP contribution in [0, 0.1) is 5.92 Å². The Kier molecular flexibility index (Phi) is 8.82. The lowest BCUT2D eigenvalue weighted by Gasteiger charge is -2.16. The van der Waals surface area contributed by atoms with E-state index in [-0.39, 0.29) is 32.5 Å². The first kappa shape index (κ1) is 16.6. The van der Waals surface area contributed by atoms with Gasteiger partial charge >= 0.3 is 11.9 Å². The van der Waals surface area contributed by atoms with E-state index in [4.69, 9.17) is 4.74 Å². The zero-order valence-electron chi connectivity index (χ0n) is 10.8. The fourth-order valence-electron chi connectivity index (χ4n) is 1.40. The Bertz CT molecular complexity index is 276.